The third-order valence-corrected chi connectivity index (χ3v) is 7.98. The Morgan fingerprint density at radius 1 is 0.919 bits per heavy atom. The van der Waals surface area contributed by atoms with Gasteiger partial charge in [0.25, 0.3) is 5.91 Å². The lowest BCUT2D eigenvalue weighted by Gasteiger charge is -2.36. The summed E-state index contributed by atoms with van der Waals surface area (Å²) in [6, 6.07) is 23.0. The fraction of sp³-hybridized carbons (Fsp3) is 0.259. The molecule has 1 amide bonds. The van der Waals surface area contributed by atoms with Gasteiger partial charge in [0.15, 0.2) is 6.61 Å². The molecule has 0 radical (unpaired) electrons. The summed E-state index contributed by atoms with van der Waals surface area (Å²) in [5.74, 6) is -1.58. The highest BCUT2D eigenvalue weighted by Gasteiger charge is 2.28. The first-order valence-corrected chi connectivity index (χ1v) is 13.3. The Balaban J connectivity index is 1.57. The topological polar surface area (TPSA) is 107 Å². The normalized spacial score (nSPS) is 14.0. The van der Waals surface area contributed by atoms with Gasteiger partial charge in [0.2, 0.25) is 10.0 Å². The Morgan fingerprint density at radius 3 is 2.16 bits per heavy atom. The first-order chi connectivity index (χ1) is 17.8. The van der Waals surface area contributed by atoms with Crippen molar-refractivity contribution in [2.45, 2.75) is 11.4 Å². The summed E-state index contributed by atoms with van der Waals surface area (Å²) in [5, 5.41) is 9.06. The van der Waals surface area contributed by atoms with Gasteiger partial charge in [0.1, 0.15) is 5.75 Å². The molecule has 0 saturated carbocycles. The molecule has 1 heterocycles. The largest absolute Gasteiger partial charge is 0.481 e. The molecule has 3 aromatic rings. The molecular weight excluding hydrogens is 494 g/mol. The number of carbonyl (C=O) groups excluding carboxylic acids is 1. The molecule has 1 fully saturated rings. The monoisotopic (exact) mass is 523 g/mol. The fourth-order valence-corrected chi connectivity index (χ4v) is 5.37. The van der Waals surface area contributed by atoms with E-state index in [0.717, 1.165) is 11.3 Å². The number of hydrogen-bond donors (Lipinski definition) is 1. The fourth-order valence-electron chi connectivity index (χ4n) is 4.18. The summed E-state index contributed by atoms with van der Waals surface area (Å²) in [5.41, 5.74) is 1.90. The van der Waals surface area contributed by atoms with E-state index in [2.05, 4.69) is 4.90 Å². The average molecular weight is 524 g/mol. The maximum atomic E-state index is 13.5. The molecule has 1 aliphatic rings. The molecule has 0 spiro atoms. The van der Waals surface area contributed by atoms with Crippen molar-refractivity contribution in [2.24, 2.45) is 0 Å². The summed E-state index contributed by atoms with van der Waals surface area (Å²) >= 11 is 0. The van der Waals surface area contributed by atoms with Crippen LogP contribution in [0.15, 0.2) is 83.8 Å². The molecule has 3 aromatic carbocycles. The van der Waals surface area contributed by atoms with Crippen molar-refractivity contribution in [3.63, 3.8) is 0 Å². The van der Waals surface area contributed by atoms with Crippen molar-refractivity contribution in [1.82, 2.24) is 9.21 Å². The molecule has 10 heteroatoms. The van der Waals surface area contributed by atoms with E-state index >= 15 is 0 Å². The van der Waals surface area contributed by atoms with E-state index < -0.39 is 28.5 Å². The maximum Gasteiger partial charge on any atom is 0.341 e. The summed E-state index contributed by atoms with van der Waals surface area (Å²) in [4.78, 5) is 28.3. The molecule has 0 bridgehead atoms. The lowest BCUT2D eigenvalue weighted by atomic mass is 10.1. The van der Waals surface area contributed by atoms with Crippen LogP contribution in [-0.4, -0.2) is 74.4 Å². The molecule has 0 aliphatic carbocycles. The maximum absolute atomic E-state index is 13.5. The van der Waals surface area contributed by atoms with Crippen LogP contribution in [0.4, 0.5) is 5.69 Å². The quantitative estimate of drug-likeness (QED) is 0.460. The number of carbonyl (C=O) groups is 2. The van der Waals surface area contributed by atoms with Crippen LogP contribution < -0.4 is 9.64 Å². The summed E-state index contributed by atoms with van der Waals surface area (Å²) in [7, 11) is -2.46. The number of benzene rings is 3. The second-order valence-electron chi connectivity index (χ2n) is 8.70. The van der Waals surface area contributed by atoms with E-state index in [1.54, 1.807) is 4.90 Å². The van der Waals surface area contributed by atoms with E-state index in [9.17, 15) is 18.0 Å². The van der Waals surface area contributed by atoms with Gasteiger partial charge in [-0.15, -0.1) is 0 Å². The molecule has 4 rings (SSSR count). The second kappa shape index (κ2) is 11.4. The van der Waals surface area contributed by atoms with E-state index in [4.69, 9.17) is 9.84 Å². The van der Waals surface area contributed by atoms with Crippen molar-refractivity contribution in [2.75, 3.05) is 44.7 Å². The van der Waals surface area contributed by atoms with Gasteiger partial charge in [0, 0.05) is 45.5 Å². The SMILES string of the molecule is CN(Cc1ccccc1)S(=O)(=O)c1ccc(OCC(=O)O)c(C(=O)N2CCN(c3ccccc3)CC2)c1. The first kappa shape index (κ1) is 26.2. The third kappa shape index (κ3) is 6.28. The number of para-hydroxylation sites is 1. The predicted molar refractivity (Wildman–Crippen MR) is 139 cm³/mol. The van der Waals surface area contributed by atoms with Crippen LogP contribution in [0.3, 0.4) is 0 Å². The van der Waals surface area contributed by atoms with Crippen molar-refractivity contribution < 1.29 is 27.9 Å². The van der Waals surface area contributed by atoms with Crippen molar-refractivity contribution in [1.29, 1.82) is 0 Å². The minimum atomic E-state index is -3.93. The zero-order valence-electron chi connectivity index (χ0n) is 20.5. The van der Waals surface area contributed by atoms with Crippen LogP contribution in [0.1, 0.15) is 15.9 Å². The van der Waals surface area contributed by atoms with Gasteiger partial charge in [0.05, 0.1) is 10.5 Å². The number of ether oxygens (including phenoxy) is 1. The minimum absolute atomic E-state index is 0.0172. The van der Waals surface area contributed by atoms with Crippen LogP contribution in [0, 0.1) is 0 Å². The molecular formula is C27H29N3O6S. The molecule has 1 aliphatic heterocycles. The summed E-state index contributed by atoms with van der Waals surface area (Å²) in [6.07, 6.45) is 0. The Kier molecular flexibility index (Phi) is 8.10. The van der Waals surface area contributed by atoms with Crippen LogP contribution in [0.25, 0.3) is 0 Å². The highest BCUT2D eigenvalue weighted by atomic mass is 32.2. The van der Waals surface area contributed by atoms with Gasteiger partial charge in [-0.3, -0.25) is 4.79 Å². The molecule has 1 N–H and O–H groups in total. The number of carboxylic acids is 1. The molecule has 9 nitrogen and oxygen atoms in total. The lowest BCUT2D eigenvalue weighted by Crippen LogP contribution is -2.48. The van der Waals surface area contributed by atoms with Crippen LogP contribution >= 0.6 is 0 Å². The number of carboxylic acid groups (broad SMARTS) is 1. The minimum Gasteiger partial charge on any atom is -0.481 e. The van der Waals surface area contributed by atoms with Crippen LogP contribution in [0.5, 0.6) is 5.75 Å². The number of amides is 1. The number of sulfonamides is 1. The molecule has 0 atom stereocenters. The highest BCUT2D eigenvalue weighted by molar-refractivity contribution is 7.89. The third-order valence-electron chi connectivity index (χ3n) is 6.18. The number of hydrogen-bond acceptors (Lipinski definition) is 6. The van der Waals surface area contributed by atoms with Gasteiger partial charge in [-0.25, -0.2) is 13.2 Å². The lowest BCUT2D eigenvalue weighted by molar-refractivity contribution is -0.139. The number of aliphatic carboxylic acids is 1. The first-order valence-electron chi connectivity index (χ1n) is 11.8. The van der Waals surface area contributed by atoms with E-state index in [0.29, 0.717) is 26.2 Å². The zero-order chi connectivity index (χ0) is 26.4. The Morgan fingerprint density at radius 2 is 1.54 bits per heavy atom. The molecule has 0 unspecified atom stereocenters. The Bertz CT molecular complexity index is 1340. The van der Waals surface area contributed by atoms with E-state index in [1.165, 1.54) is 29.6 Å². The van der Waals surface area contributed by atoms with Gasteiger partial charge in [-0.2, -0.15) is 4.31 Å². The average Bonchev–Trinajstić information content (AvgIpc) is 2.92. The highest BCUT2D eigenvalue weighted by Crippen LogP contribution is 2.27. The Labute approximate surface area is 216 Å². The smallest absolute Gasteiger partial charge is 0.341 e. The summed E-state index contributed by atoms with van der Waals surface area (Å²) < 4.78 is 33.2. The summed E-state index contributed by atoms with van der Waals surface area (Å²) in [6.45, 7) is 1.58. The number of rotatable bonds is 9. The molecule has 1 saturated heterocycles. The van der Waals surface area contributed by atoms with E-state index in [-0.39, 0.29) is 22.8 Å². The molecule has 0 aromatic heterocycles. The van der Waals surface area contributed by atoms with E-state index in [1.807, 2.05) is 60.7 Å². The predicted octanol–water partition coefficient (Wildman–Crippen LogP) is 2.93. The van der Waals surface area contributed by atoms with Gasteiger partial charge >= 0.3 is 5.97 Å². The molecule has 194 valence electrons. The molecule has 37 heavy (non-hydrogen) atoms. The van der Waals surface area contributed by atoms with Gasteiger partial charge in [-0.1, -0.05) is 48.5 Å². The second-order valence-corrected chi connectivity index (χ2v) is 10.7. The zero-order valence-corrected chi connectivity index (χ0v) is 21.3. The van der Waals surface area contributed by atoms with Crippen molar-refractivity contribution >= 4 is 27.6 Å². The van der Waals surface area contributed by atoms with Crippen LogP contribution in [0.2, 0.25) is 0 Å². The van der Waals surface area contributed by atoms with Crippen molar-refractivity contribution in [3.05, 3.63) is 90.0 Å². The number of nitrogens with zero attached hydrogens (tertiary/aromatic N) is 3. The standard InChI is InChI=1S/C27H29N3O6S/c1-28(19-21-8-4-2-5-9-21)37(34,35)23-12-13-25(36-20-26(31)32)24(18-23)27(33)30-16-14-29(15-17-30)22-10-6-3-7-11-22/h2-13,18H,14-17,19-20H2,1H3,(H,31,32). The van der Waals surface area contributed by atoms with Gasteiger partial charge in [-0.05, 0) is 35.9 Å². The number of piperazine rings is 1. The van der Waals surface area contributed by atoms with Gasteiger partial charge < -0.3 is 19.6 Å². The number of anilines is 1. The van der Waals surface area contributed by atoms with Crippen LogP contribution in [-0.2, 0) is 21.4 Å². The van der Waals surface area contributed by atoms with Crippen molar-refractivity contribution in [3.8, 4) is 5.75 Å². The Hall–Kier alpha value is -3.89.